The van der Waals surface area contributed by atoms with Crippen molar-refractivity contribution in [2.75, 3.05) is 6.61 Å². The van der Waals surface area contributed by atoms with Gasteiger partial charge in [-0.2, -0.15) is 0 Å². The maximum atomic E-state index is 11.4. The van der Waals surface area contributed by atoms with Gasteiger partial charge in [-0.15, -0.1) is 12.6 Å². The number of hydrogen-bond donors (Lipinski definition) is 1. The minimum atomic E-state index is -0.461. The molecule has 0 bridgehead atoms. The SMILES string of the molecule is C=C(S)SC(CC(C)C(=O)OCC)OC(C)=O. The van der Waals surface area contributed by atoms with E-state index >= 15 is 0 Å². The van der Waals surface area contributed by atoms with Crippen LogP contribution in [0.15, 0.2) is 10.8 Å². The maximum Gasteiger partial charge on any atom is 0.308 e. The number of carbonyl (C=O) groups is 2. The van der Waals surface area contributed by atoms with Gasteiger partial charge in [0.05, 0.1) is 12.5 Å². The van der Waals surface area contributed by atoms with Gasteiger partial charge in [0, 0.05) is 17.6 Å². The number of esters is 2. The fourth-order valence-corrected chi connectivity index (χ4v) is 2.35. The molecule has 0 radical (unpaired) electrons. The normalized spacial score (nSPS) is 13.6. The van der Waals surface area contributed by atoms with E-state index in [0.717, 1.165) is 0 Å². The van der Waals surface area contributed by atoms with Crippen LogP contribution in [0.3, 0.4) is 0 Å². The Labute approximate surface area is 112 Å². The van der Waals surface area contributed by atoms with Gasteiger partial charge in [0.15, 0.2) is 5.44 Å². The summed E-state index contributed by atoms with van der Waals surface area (Å²) in [5.74, 6) is -1.03. The lowest BCUT2D eigenvalue weighted by Gasteiger charge is -2.19. The van der Waals surface area contributed by atoms with Crippen LogP contribution < -0.4 is 0 Å². The lowest BCUT2D eigenvalue weighted by Crippen LogP contribution is -2.22. The molecule has 0 fully saturated rings. The van der Waals surface area contributed by atoms with E-state index in [2.05, 4.69) is 19.2 Å². The molecular weight excluding hydrogens is 260 g/mol. The van der Waals surface area contributed by atoms with Gasteiger partial charge in [0.1, 0.15) is 0 Å². The second kappa shape index (κ2) is 8.47. The molecule has 0 saturated carbocycles. The Kier molecular flexibility index (Phi) is 8.16. The van der Waals surface area contributed by atoms with E-state index in [1.54, 1.807) is 13.8 Å². The zero-order valence-electron chi connectivity index (χ0n) is 10.3. The highest BCUT2D eigenvalue weighted by Crippen LogP contribution is 2.29. The van der Waals surface area contributed by atoms with Gasteiger partial charge in [0.25, 0.3) is 0 Å². The first-order valence-electron chi connectivity index (χ1n) is 5.25. The average molecular weight is 278 g/mol. The first-order valence-corrected chi connectivity index (χ1v) is 6.57. The van der Waals surface area contributed by atoms with Crippen LogP contribution in [-0.2, 0) is 19.1 Å². The molecule has 0 N–H and O–H groups in total. The van der Waals surface area contributed by atoms with Crippen molar-refractivity contribution >= 4 is 36.3 Å². The number of hydrogen-bond acceptors (Lipinski definition) is 6. The summed E-state index contributed by atoms with van der Waals surface area (Å²) >= 11 is 5.25. The van der Waals surface area contributed by atoms with Crippen LogP contribution in [0.5, 0.6) is 0 Å². The van der Waals surface area contributed by atoms with Crippen LogP contribution in [0.1, 0.15) is 27.2 Å². The molecule has 0 aliphatic carbocycles. The molecule has 0 aliphatic heterocycles. The molecule has 2 unspecified atom stereocenters. The quantitative estimate of drug-likeness (QED) is 0.441. The van der Waals surface area contributed by atoms with E-state index in [9.17, 15) is 9.59 Å². The van der Waals surface area contributed by atoms with Gasteiger partial charge < -0.3 is 9.47 Å². The second-order valence-electron chi connectivity index (χ2n) is 3.44. The Balaban J connectivity index is 4.35. The van der Waals surface area contributed by atoms with Crippen LogP contribution in [0.2, 0.25) is 0 Å². The minimum absolute atomic E-state index is 0.296. The average Bonchev–Trinajstić information content (AvgIpc) is 2.15. The second-order valence-corrected chi connectivity index (χ2v) is 5.54. The molecule has 0 aromatic carbocycles. The molecule has 0 amide bonds. The molecule has 2 atom stereocenters. The van der Waals surface area contributed by atoms with E-state index in [1.807, 2.05) is 0 Å². The number of ether oxygens (including phenoxy) is 2. The molecule has 98 valence electrons. The molecule has 0 aromatic heterocycles. The standard InChI is InChI=1S/C11H18O4S2/c1-5-14-11(13)7(2)6-10(15-8(3)12)17-9(4)16/h7,10,16H,4-6H2,1-3H3. The molecule has 0 aromatic rings. The molecule has 0 saturated heterocycles. The Hall–Kier alpha value is -0.620. The van der Waals surface area contributed by atoms with Gasteiger partial charge >= 0.3 is 11.9 Å². The first-order chi connectivity index (χ1) is 7.86. The smallest absolute Gasteiger partial charge is 0.308 e. The van der Waals surface area contributed by atoms with Crippen molar-refractivity contribution < 1.29 is 19.1 Å². The fraction of sp³-hybridized carbons (Fsp3) is 0.636. The third-order valence-electron chi connectivity index (χ3n) is 1.80. The lowest BCUT2D eigenvalue weighted by atomic mass is 10.1. The molecule has 0 aliphatic rings. The van der Waals surface area contributed by atoms with Crippen LogP contribution >= 0.6 is 24.4 Å². The van der Waals surface area contributed by atoms with Crippen molar-refractivity contribution in [3.05, 3.63) is 10.8 Å². The van der Waals surface area contributed by atoms with Crippen LogP contribution in [0.25, 0.3) is 0 Å². The summed E-state index contributed by atoms with van der Waals surface area (Å²) in [6.45, 7) is 8.76. The third kappa shape index (κ3) is 8.15. The van der Waals surface area contributed by atoms with Crippen molar-refractivity contribution in [3.63, 3.8) is 0 Å². The van der Waals surface area contributed by atoms with E-state index in [4.69, 9.17) is 9.47 Å². The van der Waals surface area contributed by atoms with Gasteiger partial charge in [-0.1, -0.05) is 25.3 Å². The van der Waals surface area contributed by atoms with Crippen molar-refractivity contribution in [2.24, 2.45) is 5.92 Å². The van der Waals surface area contributed by atoms with E-state index in [-0.39, 0.29) is 11.9 Å². The monoisotopic (exact) mass is 278 g/mol. The van der Waals surface area contributed by atoms with E-state index in [1.165, 1.54) is 18.7 Å². The molecule has 0 spiro atoms. The molecule has 6 heteroatoms. The molecule has 17 heavy (non-hydrogen) atoms. The van der Waals surface area contributed by atoms with E-state index < -0.39 is 11.4 Å². The molecule has 0 heterocycles. The van der Waals surface area contributed by atoms with Crippen molar-refractivity contribution in [2.45, 2.75) is 32.6 Å². The van der Waals surface area contributed by atoms with Gasteiger partial charge in [-0.05, 0) is 6.92 Å². The number of thiol groups is 1. The Bertz CT molecular complexity index is 275. The third-order valence-corrected chi connectivity index (χ3v) is 2.94. The van der Waals surface area contributed by atoms with Crippen molar-refractivity contribution in [1.29, 1.82) is 0 Å². The predicted molar refractivity (Wildman–Crippen MR) is 71.7 cm³/mol. The number of rotatable bonds is 7. The fourth-order valence-electron chi connectivity index (χ4n) is 1.13. The zero-order chi connectivity index (χ0) is 13.4. The Morgan fingerprint density at radius 3 is 2.47 bits per heavy atom. The van der Waals surface area contributed by atoms with Crippen LogP contribution in [0, 0.1) is 5.92 Å². The molecular formula is C11H18O4S2. The minimum Gasteiger partial charge on any atom is -0.466 e. The lowest BCUT2D eigenvalue weighted by molar-refractivity contribution is -0.151. The van der Waals surface area contributed by atoms with Crippen LogP contribution in [0.4, 0.5) is 0 Å². The maximum absolute atomic E-state index is 11.4. The number of carbonyl (C=O) groups excluding carboxylic acids is 2. The van der Waals surface area contributed by atoms with Crippen molar-refractivity contribution in [1.82, 2.24) is 0 Å². The molecule has 4 nitrogen and oxygen atoms in total. The zero-order valence-corrected chi connectivity index (χ0v) is 12.0. The van der Waals surface area contributed by atoms with E-state index in [0.29, 0.717) is 17.3 Å². The molecule has 0 rings (SSSR count). The summed E-state index contributed by atoms with van der Waals surface area (Å²) in [6, 6.07) is 0. The highest BCUT2D eigenvalue weighted by molar-refractivity contribution is 8.15. The van der Waals surface area contributed by atoms with Gasteiger partial charge in [-0.25, -0.2) is 0 Å². The summed E-state index contributed by atoms with van der Waals surface area (Å²) in [5, 5.41) is 0. The summed E-state index contributed by atoms with van der Waals surface area (Å²) in [4.78, 5) is 22.3. The number of thioether (sulfide) groups is 1. The predicted octanol–water partition coefficient (Wildman–Crippen LogP) is 2.60. The van der Waals surface area contributed by atoms with Gasteiger partial charge in [0.2, 0.25) is 0 Å². The highest BCUT2D eigenvalue weighted by atomic mass is 32.2. The summed E-state index contributed by atoms with van der Waals surface area (Å²) < 4.78 is 10.5. The summed E-state index contributed by atoms with van der Waals surface area (Å²) in [5.41, 5.74) is -0.461. The van der Waals surface area contributed by atoms with Crippen molar-refractivity contribution in [3.8, 4) is 0 Å². The van der Waals surface area contributed by atoms with Gasteiger partial charge in [-0.3, -0.25) is 9.59 Å². The first kappa shape index (κ1) is 16.4. The summed E-state index contributed by atoms with van der Waals surface area (Å²) in [7, 11) is 0. The largest absolute Gasteiger partial charge is 0.466 e. The Morgan fingerprint density at radius 1 is 1.47 bits per heavy atom. The summed E-state index contributed by atoms with van der Waals surface area (Å²) in [6.07, 6.45) is 0.378. The van der Waals surface area contributed by atoms with Crippen LogP contribution in [-0.4, -0.2) is 24.0 Å². The topological polar surface area (TPSA) is 52.6 Å². The highest BCUT2D eigenvalue weighted by Gasteiger charge is 2.22. The Morgan fingerprint density at radius 2 is 2.06 bits per heavy atom.